The SMILES string of the molecule is COC(=O)Nc1ccc(NC(=O)CCCN2C(=O)c3ccc(C)cc3C2=O)cc1. The molecule has 1 aliphatic heterocycles. The minimum Gasteiger partial charge on any atom is -0.453 e. The Morgan fingerprint density at radius 3 is 2.21 bits per heavy atom. The number of hydrogen-bond donors (Lipinski definition) is 2. The van der Waals surface area contributed by atoms with E-state index in [4.69, 9.17) is 0 Å². The summed E-state index contributed by atoms with van der Waals surface area (Å²) in [6.45, 7) is 2.05. The Kier molecular flexibility index (Phi) is 5.92. The number of nitrogens with zero attached hydrogens (tertiary/aromatic N) is 1. The first kappa shape index (κ1) is 20.1. The molecule has 8 nitrogen and oxygen atoms in total. The van der Waals surface area contributed by atoms with Crippen LogP contribution in [-0.2, 0) is 9.53 Å². The second-order valence-corrected chi connectivity index (χ2v) is 6.66. The highest BCUT2D eigenvalue weighted by Gasteiger charge is 2.34. The number of fused-ring (bicyclic) bond motifs is 1. The molecule has 8 heteroatoms. The standard InChI is InChI=1S/C21H21N3O5/c1-13-5-10-16-17(12-13)20(27)24(19(16)26)11-3-4-18(25)22-14-6-8-15(9-7-14)23-21(28)29-2/h5-10,12H,3-4,11H2,1-2H3,(H,22,25)(H,23,28). The molecule has 0 radical (unpaired) electrons. The third kappa shape index (κ3) is 4.60. The van der Waals surface area contributed by atoms with Gasteiger partial charge in [0.05, 0.1) is 18.2 Å². The topological polar surface area (TPSA) is 105 Å². The van der Waals surface area contributed by atoms with Gasteiger partial charge in [-0.25, -0.2) is 4.79 Å². The largest absolute Gasteiger partial charge is 0.453 e. The molecule has 0 bridgehead atoms. The van der Waals surface area contributed by atoms with Crippen LogP contribution in [0.2, 0.25) is 0 Å². The van der Waals surface area contributed by atoms with Gasteiger partial charge in [0.2, 0.25) is 5.91 Å². The molecule has 29 heavy (non-hydrogen) atoms. The highest BCUT2D eigenvalue weighted by atomic mass is 16.5. The third-order valence-corrected chi connectivity index (χ3v) is 4.51. The lowest BCUT2D eigenvalue weighted by Gasteiger charge is -2.13. The summed E-state index contributed by atoms with van der Waals surface area (Å²) in [6.07, 6.45) is -0.0579. The van der Waals surface area contributed by atoms with Gasteiger partial charge in [-0.05, 0) is 49.7 Å². The first-order valence-electron chi connectivity index (χ1n) is 9.11. The van der Waals surface area contributed by atoms with Crippen molar-refractivity contribution in [3.05, 3.63) is 59.2 Å². The van der Waals surface area contributed by atoms with Gasteiger partial charge in [-0.15, -0.1) is 0 Å². The second kappa shape index (κ2) is 8.55. The molecule has 0 saturated carbocycles. The Balaban J connectivity index is 1.49. The zero-order valence-corrected chi connectivity index (χ0v) is 16.2. The van der Waals surface area contributed by atoms with Crippen molar-refractivity contribution in [1.29, 1.82) is 0 Å². The summed E-state index contributed by atoms with van der Waals surface area (Å²) in [6, 6.07) is 11.7. The summed E-state index contributed by atoms with van der Waals surface area (Å²) in [4.78, 5) is 49.3. The summed E-state index contributed by atoms with van der Waals surface area (Å²) in [5, 5.41) is 5.25. The Hall–Kier alpha value is -3.68. The van der Waals surface area contributed by atoms with E-state index in [0.717, 1.165) is 5.56 Å². The van der Waals surface area contributed by atoms with Crippen molar-refractivity contribution in [3.63, 3.8) is 0 Å². The quantitative estimate of drug-likeness (QED) is 0.731. The fraction of sp³-hybridized carbons (Fsp3) is 0.238. The highest BCUT2D eigenvalue weighted by molar-refractivity contribution is 6.21. The van der Waals surface area contributed by atoms with Gasteiger partial charge in [0.15, 0.2) is 0 Å². The molecule has 150 valence electrons. The lowest BCUT2D eigenvalue weighted by molar-refractivity contribution is -0.116. The second-order valence-electron chi connectivity index (χ2n) is 6.66. The molecule has 0 aliphatic carbocycles. The number of benzene rings is 2. The van der Waals surface area contributed by atoms with Crippen molar-refractivity contribution >= 4 is 35.2 Å². The Bertz CT molecular complexity index is 969. The Morgan fingerprint density at radius 1 is 0.931 bits per heavy atom. The molecule has 1 aliphatic rings. The van der Waals surface area contributed by atoms with E-state index in [-0.39, 0.29) is 30.7 Å². The number of carbonyl (C=O) groups is 4. The average molecular weight is 395 g/mol. The van der Waals surface area contributed by atoms with Crippen molar-refractivity contribution in [2.24, 2.45) is 0 Å². The number of hydrogen-bond acceptors (Lipinski definition) is 5. The molecule has 0 fully saturated rings. The Labute approximate surface area is 167 Å². The first-order valence-corrected chi connectivity index (χ1v) is 9.11. The summed E-state index contributed by atoms with van der Waals surface area (Å²) in [7, 11) is 1.27. The van der Waals surface area contributed by atoms with Crippen LogP contribution in [0.3, 0.4) is 0 Å². The van der Waals surface area contributed by atoms with Gasteiger partial charge in [-0.2, -0.15) is 0 Å². The van der Waals surface area contributed by atoms with Gasteiger partial charge in [-0.1, -0.05) is 11.6 Å². The summed E-state index contributed by atoms with van der Waals surface area (Å²) in [5.74, 6) is -0.868. The normalized spacial score (nSPS) is 12.6. The molecular formula is C21H21N3O5. The van der Waals surface area contributed by atoms with Crippen LogP contribution in [0.1, 0.15) is 39.1 Å². The van der Waals surface area contributed by atoms with Crippen LogP contribution in [0.5, 0.6) is 0 Å². The van der Waals surface area contributed by atoms with Crippen LogP contribution in [0.4, 0.5) is 16.2 Å². The van der Waals surface area contributed by atoms with Crippen molar-refractivity contribution in [2.45, 2.75) is 19.8 Å². The number of anilines is 2. The molecule has 0 unspecified atom stereocenters. The number of rotatable bonds is 6. The van der Waals surface area contributed by atoms with Crippen LogP contribution in [-0.4, -0.2) is 42.4 Å². The van der Waals surface area contributed by atoms with Gasteiger partial charge in [-0.3, -0.25) is 24.6 Å². The van der Waals surface area contributed by atoms with Gasteiger partial charge < -0.3 is 10.1 Å². The van der Waals surface area contributed by atoms with E-state index in [1.54, 1.807) is 42.5 Å². The molecule has 0 aromatic heterocycles. The minimum atomic E-state index is -0.579. The number of imide groups is 1. The third-order valence-electron chi connectivity index (χ3n) is 4.51. The molecule has 0 saturated heterocycles. The van der Waals surface area contributed by atoms with Crippen molar-refractivity contribution < 1.29 is 23.9 Å². The number of aryl methyl sites for hydroxylation is 1. The summed E-state index contributed by atoms with van der Waals surface area (Å²) >= 11 is 0. The molecule has 3 rings (SSSR count). The Morgan fingerprint density at radius 2 is 1.55 bits per heavy atom. The molecular weight excluding hydrogens is 374 g/mol. The van der Waals surface area contributed by atoms with Crippen LogP contribution < -0.4 is 10.6 Å². The van der Waals surface area contributed by atoms with E-state index in [0.29, 0.717) is 28.9 Å². The maximum absolute atomic E-state index is 12.4. The predicted molar refractivity (Wildman–Crippen MR) is 107 cm³/mol. The first-order chi connectivity index (χ1) is 13.9. The van der Waals surface area contributed by atoms with Crippen LogP contribution in [0.25, 0.3) is 0 Å². The van der Waals surface area contributed by atoms with Gasteiger partial charge in [0.1, 0.15) is 0 Å². The summed E-state index contributed by atoms with van der Waals surface area (Å²) < 4.78 is 4.51. The molecule has 2 aromatic carbocycles. The van der Waals surface area contributed by atoms with Crippen molar-refractivity contribution in [2.75, 3.05) is 24.3 Å². The zero-order chi connectivity index (χ0) is 21.0. The van der Waals surface area contributed by atoms with Crippen LogP contribution in [0, 0.1) is 6.92 Å². The minimum absolute atomic E-state index is 0.161. The molecule has 2 aromatic rings. The number of amides is 4. The monoisotopic (exact) mass is 395 g/mol. The maximum atomic E-state index is 12.4. The van der Waals surface area contributed by atoms with Gasteiger partial charge in [0.25, 0.3) is 11.8 Å². The van der Waals surface area contributed by atoms with Gasteiger partial charge >= 0.3 is 6.09 Å². The number of carbonyl (C=O) groups excluding carboxylic acids is 4. The number of methoxy groups -OCH3 is 1. The van der Waals surface area contributed by atoms with E-state index >= 15 is 0 Å². The van der Waals surface area contributed by atoms with E-state index in [1.165, 1.54) is 12.0 Å². The molecule has 1 heterocycles. The average Bonchev–Trinajstić information content (AvgIpc) is 2.93. The molecule has 0 spiro atoms. The van der Waals surface area contributed by atoms with Crippen molar-refractivity contribution in [1.82, 2.24) is 4.90 Å². The number of ether oxygens (including phenoxy) is 1. The maximum Gasteiger partial charge on any atom is 0.411 e. The zero-order valence-electron chi connectivity index (χ0n) is 16.2. The van der Waals surface area contributed by atoms with E-state index in [2.05, 4.69) is 15.4 Å². The smallest absolute Gasteiger partial charge is 0.411 e. The number of nitrogens with one attached hydrogen (secondary N) is 2. The highest BCUT2D eigenvalue weighted by Crippen LogP contribution is 2.24. The van der Waals surface area contributed by atoms with Crippen LogP contribution in [0.15, 0.2) is 42.5 Å². The van der Waals surface area contributed by atoms with Crippen molar-refractivity contribution in [3.8, 4) is 0 Å². The molecule has 4 amide bonds. The molecule has 0 atom stereocenters. The van der Waals surface area contributed by atoms with E-state index in [9.17, 15) is 19.2 Å². The van der Waals surface area contributed by atoms with E-state index in [1.807, 2.05) is 6.92 Å². The van der Waals surface area contributed by atoms with Crippen LogP contribution >= 0.6 is 0 Å². The fourth-order valence-corrected chi connectivity index (χ4v) is 3.03. The van der Waals surface area contributed by atoms with E-state index < -0.39 is 6.09 Å². The lowest BCUT2D eigenvalue weighted by atomic mass is 10.1. The summed E-state index contributed by atoms with van der Waals surface area (Å²) in [5.41, 5.74) is 2.85. The predicted octanol–water partition coefficient (Wildman–Crippen LogP) is 3.19. The van der Waals surface area contributed by atoms with Gasteiger partial charge in [0, 0.05) is 24.3 Å². The fourth-order valence-electron chi connectivity index (χ4n) is 3.03. The lowest BCUT2D eigenvalue weighted by Crippen LogP contribution is -2.31. The molecule has 2 N–H and O–H groups in total.